The van der Waals surface area contributed by atoms with Crippen LogP contribution < -0.4 is 0 Å². The molecular formula is C11H12N2OS. The summed E-state index contributed by atoms with van der Waals surface area (Å²) >= 11 is 0. The summed E-state index contributed by atoms with van der Waals surface area (Å²) in [6.07, 6.45) is 3.46. The van der Waals surface area contributed by atoms with Crippen molar-refractivity contribution in [3.05, 3.63) is 35.9 Å². The molecule has 15 heavy (non-hydrogen) atoms. The zero-order valence-electron chi connectivity index (χ0n) is 8.30. The highest BCUT2D eigenvalue weighted by Gasteiger charge is 2.30. The number of hydrogen-bond donors (Lipinski definition) is 0. The van der Waals surface area contributed by atoms with Crippen LogP contribution in [-0.4, -0.2) is 9.96 Å². The van der Waals surface area contributed by atoms with Crippen LogP contribution in [0.25, 0.3) is 0 Å². The summed E-state index contributed by atoms with van der Waals surface area (Å²) in [6, 6.07) is 9.71. The van der Waals surface area contributed by atoms with Gasteiger partial charge in [-0.05, 0) is 18.4 Å². The molecule has 0 radical (unpaired) electrons. The quantitative estimate of drug-likeness (QED) is 0.683. The van der Waals surface area contributed by atoms with Crippen LogP contribution >= 0.6 is 0 Å². The lowest BCUT2D eigenvalue weighted by Crippen LogP contribution is -2.07. The van der Waals surface area contributed by atoms with Crippen LogP contribution in [0.3, 0.4) is 0 Å². The highest BCUT2D eigenvalue weighted by molar-refractivity contribution is 7.94. The molecule has 1 aromatic rings. The molecule has 2 rings (SSSR count). The molecule has 1 fully saturated rings. The van der Waals surface area contributed by atoms with Crippen molar-refractivity contribution in [1.29, 1.82) is 5.26 Å². The van der Waals surface area contributed by atoms with E-state index in [4.69, 9.17) is 5.26 Å². The maximum absolute atomic E-state index is 12.3. The maximum atomic E-state index is 12.3. The van der Waals surface area contributed by atoms with Crippen LogP contribution in [0.4, 0.5) is 0 Å². The van der Waals surface area contributed by atoms with Gasteiger partial charge in [0, 0.05) is 5.75 Å². The van der Waals surface area contributed by atoms with E-state index in [1.165, 1.54) is 0 Å². The molecule has 1 aromatic carbocycles. The van der Waals surface area contributed by atoms with Gasteiger partial charge in [-0.25, -0.2) is 4.21 Å². The fourth-order valence-corrected chi connectivity index (χ4v) is 4.37. The Hall–Kier alpha value is -1.34. The molecule has 3 nitrogen and oxygen atoms in total. The molecule has 0 spiro atoms. The molecule has 0 aliphatic carbocycles. The van der Waals surface area contributed by atoms with Gasteiger partial charge in [0.25, 0.3) is 0 Å². The summed E-state index contributed by atoms with van der Waals surface area (Å²) in [4.78, 5) is 0. The van der Waals surface area contributed by atoms with Gasteiger partial charge in [-0.15, -0.1) is 4.36 Å². The standard InChI is InChI=1S/C11H12N2OS/c12-9-13-15(14)8-4-7-11(15)10-5-2-1-3-6-10/h1-3,5-6,11H,4,7-8H2. The summed E-state index contributed by atoms with van der Waals surface area (Å²) < 4.78 is 16.0. The Bertz CT molecular complexity index is 495. The molecule has 0 aromatic heterocycles. The van der Waals surface area contributed by atoms with Gasteiger partial charge in [-0.2, -0.15) is 5.26 Å². The molecule has 78 valence electrons. The molecule has 0 amide bonds. The molecule has 0 bridgehead atoms. The van der Waals surface area contributed by atoms with Crippen LogP contribution in [0, 0.1) is 11.5 Å². The van der Waals surface area contributed by atoms with E-state index < -0.39 is 9.73 Å². The number of rotatable bonds is 1. The average molecular weight is 220 g/mol. The largest absolute Gasteiger partial charge is 0.248 e. The molecular weight excluding hydrogens is 208 g/mol. The van der Waals surface area contributed by atoms with Gasteiger partial charge < -0.3 is 0 Å². The second-order valence-electron chi connectivity index (χ2n) is 3.63. The lowest BCUT2D eigenvalue weighted by molar-refractivity contribution is 0.673. The van der Waals surface area contributed by atoms with Gasteiger partial charge in [0.2, 0.25) is 6.19 Å². The third-order valence-electron chi connectivity index (χ3n) is 2.71. The second kappa shape index (κ2) is 4.03. The minimum absolute atomic E-state index is 0.0571. The minimum atomic E-state index is -2.33. The number of benzene rings is 1. The van der Waals surface area contributed by atoms with E-state index in [2.05, 4.69) is 4.36 Å². The van der Waals surface area contributed by atoms with Crippen molar-refractivity contribution in [3.63, 3.8) is 0 Å². The van der Waals surface area contributed by atoms with Crippen molar-refractivity contribution in [2.45, 2.75) is 18.1 Å². The normalized spacial score (nSPS) is 29.7. The molecule has 2 unspecified atom stereocenters. The predicted molar refractivity (Wildman–Crippen MR) is 59.5 cm³/mol. The highest BCUT2D eigenvalue weighted by Crippen LogP contribution is 2.35. The van der Waals surface area contributed by atoms with Crippen molar-refractivity contribution in [3.8, 4) is 6.19 Å². The molecule has 1 heterocycles. The van der Waals surface area contributed by atoms with Crippen LogP contribution in [-0.2, 0) is 9.73 Å². The Kier molecular flexibility index (Phi) is 2.74. The zero-order valence-corrected chi connectivity index (χ0v) is 9.11. The minimum Gasteiger partial charge on any atom is -0.248 e. The van der Waals surface area contributed by atoms with Gasteiger partial charge >= 0.3 is 0 Å². The Balaban J connectivity index is 2.44. The van der Waals surface area contributed by atoms with E-state index in [1.807, 2.05) is 30.3 Å². The average Bonchev–Trinajstić information content (AvgIpc) is 2.62. The first-order valence-electron chi connectivity index (χ1n) is 4.93. The van der Waals surface area contributed by atoms with E-state index in [0.717, 1.165) is 18.4 Å². The molecule has 1 saturated heterocycles. The third kappa shape index (κ3) is 1.88. The van der Waals surface area contributed by atoms with Gasteiger partial charge in [0.15, 0.2) is 0 Å². The Labute approximate surface area is 89.9 Å². The summed E-state index contributed by atoms with van der Waals surface area (Å²) in [5.41, 5.74) is 1.04. The maximum Gasteiger partial charge on any atom is 0.214 e. The molecule has 2 atom stereocenters. The van der Waals surface area contributed by atoms with Gasteiger partial charge in [0.05, 0.1) is 15.0 Å². The Morgan fingerprint density at radius 3 is 2.80 bits per heavy atom. The number of nitrogens with zero attached hydrogens (tertiary/aromatic N) is 2. The van der Waals surface area contributed by atoms with Crippen molar-refractivity contribution >= 4 is 9.73 Å². The van der Waals surface area contributed by atoms with Gasteiger partial charge in [-0.3, -0.25) is 0 Å². The molecule has 0 saturated carbocycles. The lowest BCUT2D eigenvalue weighted by atomic mass is 10.1. The van der Waals surface area contributed by atoms with Crippen molar-refractivity contribution in [2.24, 2.45) is 4.36 Å². The first-order valence-corrected chi connectivity index (χ1v) is 6.68. The highest BCUT2D eigenvalue weighted by atomic mass is 32.2. The number of hydrogen-bond acceptors (Lipinski definition) is 3. The topological polar surface area (TPSA) is 53.2 Å². The molecule has 0 N–H and O–H groups in total. The van der Waals surface area contributed by atoms with Crippen LogP contribution in [0.5, 0.6) is 0 Å². The SMILES string of the molecule is N#CN=S1(=O)CCCC1c1ccccc1. The fourth-order valence-electron chi connectivity index (χ4n) is 2.03. The van der Waals surface area contributed by atoms with E-state index >= 15 is 0 Å². The van der Waals surface area contributed by atoms with Gasteiger partial charge in [-0.1, -0.05) is 30.3 Å². The lowest BCUT2D eigenvalue weighted by Gasteiger charge is -2.11. The van der Waals surface area contributed by atoms with E-state index in [-0.39, 0.29) is 5.25 Å². The van der Waals surface area contributed by atoms with Crippen LogP contribution in [0.1, 0.15) is 23.7 Å². The van der Waals surface area contributed by atoms with E-state index in [9.17, 15) is 4.21 Å². The zero-order chi connectivity index (χ0) is 10.7. The van der Waals surface area contributed by atoms with Crippen molar-refractivity contribution in [1.82, 2.24) is 0 Å². The van der Waals surface area contributed by atoms with Crippen molar-refractivity contribution in [2.75, 3.05) is 5.75 Å². The third-order valence-corrected chi connectivity index (χ3v) is 5.38. The predicted octanol–water partition coefficient (Wildman–Crippen LogP) is 2.47. The van der Waals surface area contributed by atoms with E-state index in [1.54, 1.807) is 6.19 Å². The Morgan fingerprint density at radius 2 is 2.13 bits per heavy atom. The summed E-state index contributed by atoms with van der Waals surface area (Å²) in [6.45, 7) is 0. The first-order chi connectivity index (χ1) is 7.26. The molecule has 4 heteroatoms. The fraction of sp³-hybridized carbons (Fsp3) is 0.364. The van der Waals surface area contributed by atoms with Gasteiger partial charge in [0.1, 0.15) is 0 Å². The molecule has 1 aliphatic heterocycles. The first kappa shape index (κ1) is 10.2. The molecule has 1 aliphatic rings. The summed E-state index contributed by atoms with van der Waals surface area (Å²) in [5, 5.41) is 8.50. The summed E-state index contributed by atoms with van der Waals surface area (Å²) in [7, 11) is -2.33. The van der Waals surface area contributed by atoms with Crippen molar-refractivity contribution < 1.29 is 4.21 Å². The smallest absolute Gasteiger partial charge is 0.214 e. The Morgan fingerprint density at radius 1 is 1.40 bits per heavy atom. The number of nitriles is 1. The monoisotopic (exact) mass is 220 g/mol. The second-order valence-corrected chi connectivity index (χ2v) is 6.17. The van der Waals surface area contributed by atoms with Crippen LogP contribution in [0.2, 0.25) is 0 Å². The van der Waals surface area contributed by atoms with E-state index in [0.29, 0.717) is 5.75 Å². The summed E-state index contributed by atoms with van der Waals surface area (Å²) in [5.74, 6) is 0.556. The van der Waals surface area contributed by atoms with Crippen LogP contribution in [0.15, 0.2) is 34.7 Å².